The van der Waals surface area contributed by atoms with Crippen molar-refractivity contribution in [3.05, 3.63) is 11.8 Å². The van der Waals surface area contributed by atoms with E-state index in [2.05, 4.69) is 10.1 Å². The van der Waals surface area contributed by atoms with Gasteiger partial charge in [-0.2, -0.15) is 23.0 Å². The number of halogens is 3. The van der Waals surface area contributed by atoms with Gasteiger partial charge in [0.15, 0.2) is 11.3 Å². The van der Waals surface area contributed by atoms with Crippen molar-refractivity contribution in [1.29, 1.82) is 10.8 Å². The smallest absolute Gasteiger partial charge is 0.381 e. The quantitative estimate of drug-likeness (QED) is 0.539. The molecule has 1 heterocycles. The zero-order chi connectivity index (χ0) is 14.9. The summed E-state index contributed by atoms with van der Waals surface area (Å²) in [5.74, 6) is -2.19. The Labute approximate surface area is 112 Å². The normalized spacial score (nSPS) is 23.6. The fraction of sp³-hybridized carbons (Fsp3) is 0.636. The van der Waals surface area contributed by atoms with E-state index in [1.54, 1.807) is 0 Å². The number of rotatable bonds is 1. The largest absolute Gasteiger partial charge is 0.391 e. The van der Waals surface area contributed by atoms with E-state index in [9.17, 15) is 13.2 Å². The van der Waals surface area contributed by atoms with Gasteiger partial charge in [0.2, 0.25) is 0 Å². The lowest BCUT2D eigenvalue weighted by Crippen LogP contribution is -2.39. The summed E-state index contributed by atoms with van der Waals surface area (Å²) in [7, 11) is 0. The summed E-state index contributed by atoms with van der Waals surface area (Å²) in [6.45, 7) is 0. The SMILES string of the molecule is N=C(C1CCCC(C(F)(F)F)C1)n1ncnc(N)c1=N. The molecule has 0 amide bonds. The summed E-state index contributed by atoms with van der Waals surface area (Å²) in [4.78, 5) is 3.60. The first-order valence-electron chi connectivity index (χ1n) is 6.20. The molecule has 2 atom stereocenters. The molecule has 4 N–H and O–H groups in total. The molecule has 1 aromatic rings. The van der Waals surface area contributed by atoms with Crippen LogP contribution < -0.4 is 11.2 Å². The van der Waals surface area contributed by atoms with Crippen LogP contribution in [0.1, 0.15) is 25.7 Å². The zero-order valence-electron chi connectivity index (χ0n) is 10.6. The van der Waals surface area contributed by atoms with Gasteiger partial charge in [0.25, 0.3) is 0 Å². The van der Waals surface area contributed by atoms with E-state index in [1.165, 1.54) is 0 Å². The van der Waals surface area contributed by atoms with Crippen LogP contribution in [-0.2, 0) is 0 Å². The standard InChI is InChI=1S/C11H15F3N6/c12-11(13,14)7-3-1-2-6(4-7)9(16)20-10(17)8(15)18-5-19-20/h5-7,16-17H,1-4H2,(H2,15,18,19). The van der Waals surface area contributed by atoms with Crippen LogP contribution in [0.25, 0.3) is 0 Å². The lowest BCUT2D eigenvalue weighted by atomic mass is 9.80. The van der Waals surface area contributed by atoms with E-state index in [-0.39, 0.29) is 30.0 Å². The molecule has 1 aliphatic rings. The van der Waals surface area contributed by atoms with Crippen molar-refractivity contribution in [3.63, 3.8) is 0 Å². The van der Waals surface area contributed by atoms with Gasteiger partial charge in [-0.25, -0.2) is 4.98 Å². The summed E-state index contributed by atoms with van der Waals surface area (Å²) < 4.78 is 39.2. The number of nitrogens with two attached hydrogens (primary N) is 1. The maximum Gasteiger partial charge on any atom is 0.391 e. The van der Waals surface area contributed by atoms with Crippen LogP contribution in [-0.4, -0.2) is 26.8 Å². The molecule has 6 nitrogen and oxygen atoms in total. The number of anilines is 1. The molecule has 0 bridgehead atoms. The Morgan fingerprint density at radius 3 is 2.75 bits per heavy atom. The first-order chi connectivity index (χ1) is 9.30. The topological polar surface area (TPSA) is 104 Å². The van der Waals surface area contributed by atoms with Gasteiger partial charge in [-0.15, -0.1) is 0 Å². The first-order valence-corrected chi connectivity index (χ1v) is 6.20. The summed E-state index contributed by atoms with van der Waals surface area (Å²) in [5, 5.41) is 19.4. The van der Waals surface area contributed by atoms with Crippen molar-refractivity contribution in [2.24, 2.45) is 11.8 Å². The molecular weight excluding hydrogens is 273 g/mol. The van der Waals surface area contributed by atoms with Gasteiger partial charge < -0.3 is 5.73 Å². The monoisotopic (exact) mass is 288 g/mol. The van der Waals surface area contributed by atoms with Crippen LogP contribution in [0.3, 0.4) is 0 Å². The van der Waals surface area contributed by atoms with Crippen molar-refractivity contribution in [2.75, 3.05) is 5.73 Å². The lowest BCUT2D eigenvalue weighted by Gasteiger charge is -2.30. The van der Waals surface area contributed by atoms with Crippen molar-refractivity contribution >= 4 is 11.7 Å². The van der Waals surface area contributed by atoms with Crippen LogP contribution >= 0.6 is 0 Å². The number of nitrogen functional groups attached to an aromatic ring is 1. The van der Waals surface area contributed by atoms with Crippen molar-refractivity contribution in [2.45, 2.75) is 31.9 Å². The Balaban J connectivity index is 2.21. The molecule has 20 heavy (non-hydrogen) atoms. The molecule has 1 aliphatic carbocycles. The molecule has 9 heteroatoms. The van der Waals surface area contributed by atoms with Crippen LogP contribution in [0, 0.1) is 22.7 Å². The third-order valence-corrected chi connectivity index (χ3v) is 3.57. The van der Waals surface area contributed by atoms with E-state index >= 15 is 0 Å². The molecule has 0 aromatic carbocycles. The van der Waals surface area contributed by atoms with Crippen LogP contribution in [0.4, 0.5) is 19.0 Å². The summed E-state index contributed by atoms with van der Waals surface area (Å²) >= 11 is 0. The molecule has 2 unspecified atom stereocenters. The number of nitrogens with zero attached hydrogens (tertiary/aromatic N) is 3. The molecule has 0 radical (unpaired) electrons. The predicted octanol–water partition coefficient (Wildman–Crippen LogP) is 1.53. The molecular formula is C11H15F3N6. The van der Waals surface area contributed by atoms with E-state index in [1.807, 2.05) is 0 Å². The molecule has 0 aliphatic heterocycles. The zero-order valence-corrected chi connectivity index (χ0v) is 10.6. The first kappa shape index (κ1) is 14.5. The van der Waals surface area contributed by atoms with Crippen LogP contribution in [0.15, 0.2) is 6.33 Å². The number of nitrogens with one attached hydrogen (secondary N) is 2. The van der Waals surface area contributed by atoms with E-state index in [4.69, 9.17) is 16.6 Å². The average Bonchev–Trinajstić information content (AvgIpc) is 2.40. The third-order valence-electron chi connectivity index (χ3n) is 3.57. The number of aromatic nitrogens is 3. The highest BCUT2D eigenvalue weighted by atomic mass is 19.4. The van der Waals surface area contributed by atoms with Gasteiger partial charge >= 0.3 is 6.18 Å². The Kier molecular flexibility index (Phi) is 3.78. The summed E-state index contributed by atoms with van der Waals surface area (Å²) in [6, 6.07) is 0. The van der Waals surface area contributed by atoms with Gasteiger partial charge in [-0.3, -0.25) is 10.8 Å². The summed E-state index contributed by atoms with van der Waals surface area (Å²) in [6.07, 6.45) is -2.30. The second-order valence-corrected chi connectivity index (χ2v) is 4.89. The van der Waals surface area contributed by atoms with Crippen molar-refractivity contribution < 1.29 is 13.2 Å². The van der Waals surface area contributed by atoms with Crippen LogP contribution in [0.5, 0.6) is 0 Å². The highest BCUT2D eigenvalue weighted by molar-refractivity contribution is 5.83. The predicted molar refractivity (Wildman–Crippen MR) is 64.9 cm³/mol. The van der Waals surface area contributed by atoms with Crippen LogP contribution in [0.2, 0.25) is 0 Å². The van der Waals surface area contributed by atoms with E-state index in [0.29, 0.717) is 12.8 Å². The summed E-state index contributed by atoms with van der Waals surface area (Å²) in [5.41, 5.74) is 5.18. The van der Waals surface area contributed by atoms with Gasteiger partial charge in [0, 0.05) is 5.92 Å². The molecule has 2 rings (SSSR count). The van der Waals surface area contributed by atoms with E-state index < -0.39 is 18.0 Å². The maximum atomic E-state index is 12.8. The van der Waals surface area contributed by atoms with Gasteiger partial charge in [0.1, 0.15) is 12.2 Å². The molecule has 0 saturated heterocycles. The van der Waals surface area contributed by atoms with Gasteiger partial charge in [-0.05, 0) is 19.3 Å². The maximum absolute atomic E-state index is 12.8. The number of hydrogen-bond acceptors (Lipinski definition) is 5. The minimum Gasteiger partial charge on any atom is -0.381 e. The van der Waals surface area contributed by atoms with E-state index in [0.717, 1.165) is 11.0 Å². The third kappa shape index (κ3) is 2.81. The fourth-order valence-corrected chi connectivity index (χ4v) is 2.46. The Bertz CT molecular complexity index is 564. The Morgan fingerprint density at radius 2 is 2.10 bits per heavy atom. The van der Waals surface area contributed by atoms with Gasteiger partial charge in [0.05, 0.1) is 5.92 Å². The fourth-order valence-electron chi connectivity index (χ4n) is 2.46. The molecule has 1 fully saturated rings. The molecule has 1 saturated carbocycles. The molecule has 110 valence electrons. The second-order valence-electron chi connectivity index (χ2n) is 4.89. The Hall–Kier alpha value is -1.93. The second kappa shape index (κ2) is 5.22. The van der Waals surface area contributed by atoms with Crippen molar-refractivity contribution in [3.8, 4) is 0 Å². The number of alkyl halides is 3. The number of hydrogen-bond donors (Lipinski definition) is 3. The molecule has 0 spiro atoms. The Morgan fingerprint density at radius 1 is 1.40 bits per heavy atom. The lowest BCUT2D eigenvalue weighted by molar-refractivity contribution is -0.183. The highest BCUT2D eigenvalue weighted by Gasteiger charge is 2.43. The average molecular weight is 288 g/mol. The van der Waals surface area contributed by atoms with Gasteiger partial charge in [-0.1, -0.05) is 6.42 Å². The molecule has 1 aromatic heterocycles. The minimum absolute atomic E-state index is 0.0948. The van der Waals surface area contributed by atoms with Crippen molar-refractivity contribution in [1.82, 2.24) is 14.8 Å². The minimum atomic E-state index is -4.24. The highest BCUT2D eigenvalue weighted by Crippen LogP contribution is 2.40.